The summed E-state index contributed by atoms with van der Waals surface area (Å²) in [6, 6.07) is 0.632. The van der Waals surface area contributed by atoms with E-state index in [1.54, 1.807) is 0 Å². The van der Waals surface area contributed by atoms with Crippen molar-refractivity contribution in [1.29, 1.82) is 0 Å². The molecule has 3 atom stereocenters. The molecular weight excluding hydrogens is 222 g/mol. The molecule has 1 aliphatic rings. The van der Waals surface area contributed by atoms with Crippen LogP contribution in [0.15, 0.2) is 12.4 Å². The number of anilines is 1. The number of nitrogens with zero attached hydrogens (tertiary/aromatic N) is 2. The molecule has 0 radical (unpaired) electrons. The van der Waals surface area contributed by atoms with Gasteiger partial charge >= 0.3 is 0 Å². The van der Waals surface area contributed by atoms with Gasteiger partial charge in [0.25, 0.3) is 0 Å². The molecule has 1 saturated carbocycles. The third-order valence-corrected chi connectivity index (χ3v) is 4.40. The van der Waals surface area contributed by atoms with Gasteiger partial charge in [-0.1, -0.05) is 34.1 Å². The Labute approximate surface area is 111 Å². The predicted octanol–water partition coefficient (Wildman–Crippen LogP) is 3.95. The van der Waals surface area contributed by atoms with Crippen LogP contribution in [0.5, 0.6) is 0 Å². The number of hydrogen-bond donors (Lipinski definition) is 1. The van der Waals surface area contributed by atoms with Crippen LogP contribution in [0.4, 0.5) is 5.95 Å². The average molecular weight is 249 g/mol. The fraction of sp³-hybridized carbons (Fsp3) is 0.800. The fourth-order valence-corrected chi connectivity index (χ4v) is 3.21. The van der Waals surface area contributed by atoms with Gasteiger partial charge < -0.3 is 9.88 Å². The van der Waals surface area contributed by atoms with Gasteiger partial charge in [0, 0.05) is 25.0 Å². The SMILES string of the molecule is CCC1CCC(n2ccnc2NCC(C)C)C1C. The van der Waals surface area contributed by atoms with Crippen molar-refractivity contribution >= 4 is 5.95 Å². The largest absolute Gasteiger partial charge is 0.355 e. The third kappa shape index (κ3) is 2.70. The number of imidazole rings is 1. The van der Waals surface area contributed by atoms with E-state index in [0.29, 0.717) is 12.0 Å². The monoisotopic (exact) mass is 249 g/mol. The highest BCUT2D eigenvalue weighted by Gasteiger charge is 2.33. The van der Waals surface area contributed by atoms with Crippen LogP contribution >= 0.6 is 0 Å². The van der Waals surface area contributed by atoms with E-state index < -0.39 is 0 Å². The molecule has 1 aromatic heterocycles. The van der Waals surface area contributed by atoms with E-state index in [2.05, 4.69) is 48.8 Å². The number of hydrogen-bond acceptors (Lipinski definition) is 2. The number of nitrogens with one attached hydrogen (secondary N) is 1. The molecule has 3 heteroatoms. The maximum atomic E-state index is 4.47. The molecule has 3 unspecified atom stereocenters. The maximum absolute atomic E-state index is 4.47. The van der Waals surface area contributed by atoms with Crippen molar-refractivity contribution in [2.75, 3.05) is 11.9 Å². The maximum Gasteiger partial charge on any atom is 0.203 e. The van der Waals surface area contributed by atoms with Crippen LogP contribution in [0.3, 0.4) is 0 Å². The summed E-state index contributed by atoms with van der Waals surface area (Å²) in [5.74, 6) is 3.36. The lowest BCUT2D eigenvalue weighted by Gasteiger charge is -2.23. The summed E-state index contributed by atoms with van der Waals surface area (Å²) in [6.45, 7) is 10.2. The van der Waals surface area contributed by atoms with E-state index in [4.69, 9.17) is 0 Å². The first kappa shape index (κ1) is 13.4. The van der Waals surface area contributed by atoms with Crippen molar-refractivity contribution in [3.05, 3.63) is 12.4 Å². The Balaban J connectivity index is 2.07. The molecular formula is C15H27N3. The Hall–Kier alpha value is -0.990. The van der Waals surface area contributed by atoms with Crippen molar-refractivity contribution < 1.29 is 0 Å². The Kier molecular flexibility index (Phi) is 4.31. The molecule has 18 heavy (non-hydrogen) atoms. The van der Waals surface area contributed by atoms with Gasteiger partial charge in [0.2, 0.25) is 5.95 Å². The summed E-state index contributed by atoms with van der Waals surface area (Å²) in [4.78, 5) is 4.47. The fourth-order valence-electron chi connectivity index (χ4n) is 3.21. The Morgan fingerprint density at radius 2 is 2.22 bits per heavy atom. The Morgan fingerprint density at radius 3 is 2.83 bits per heavy atom. The lowest BCUT2D eigenvalue weighted by atomic mass is 9.93. The highest BCUT2D eigenvalue weighted by Crippen LogP contribution is 2.42. The molecule has 0 spiro atoms. The molecule has 0 amide bonds. The lowest BCUT2D eigenvalue weighted by molar-refractivity contribution is 0.331. The van der Waals surface area contributed by atoms with Gasteiger partial charge in [0.1, 0.15) is 0 Å². The minimum absolute atomic E-state index is 0.632. The summed E-state index contributed by atoms with van der Waals surface area (Å²) < 4.78 is 2.36. The van der Waals surface area contributed by atoms with Gasteiger partial charge in [-0.05, 0) is 30.6 Å². The quantitative estimate of drug-likeness (QED) is 0.856. The van der Waals surface area contributed by atoms with Gasteiger partial charge in [-0.2, -0.15) is 0 Å². The van der Waals surface area contributed by atoms with Crippen LogP contribution in [0.1, 0.15) is 53.0 Å². The van der Waals surface area contributed by atoms with Crippen LogP contribution in [0.25, 0.3) is 0 Å². The Morgan fingerprint density at radius 1 is 1.44 bits per heavy atom. The van der Waals surface area contributed by atoms with E-state index in [-0.39, 0.29) is 0 Å². The molecule has 2 rings (SSSR count). The van der Waals surface area contributed by atoms with Gasteiger partial charge in [-0.15, -0.1) is 0 Å². The van der Waals surface area contributed by atoms with Gasteiger partial charge in [-0.3, -0.25) is 0 Å². The molecule has 1 fully saturated rings. The lowest BCUT2D eigenvalue weighted by Crippen LogP contribution is -2.19. The second-order valence-corrected chi connectivity index (χ2v) is 6.11. The van der Waals surface area contributed by atoms with Crippen LogP contribution < -0.4 is 5.32 Å². The van der Waals surface area contributed by atoms with E-state index >= 15 is 0 Å². The third-order valence-electron chi connectivity index (χ3n) is 4.40. The van der Waals surface area contributed by atoms with Crippen LogP contribution in [0, 0.1) is 17.8 Å². The minimum Gasteiger partial charge on any atom is -0.355 e. The van der Waals surface area contributed by atoms with E-state index in [1.165, 1.54) is 19.3 Å². The molecule has 0 aliphatic heterocycles. The molecule has 0 aromatic carbocycles. The zero-order valence-electron chi connectivity index (χ0n) is 12.2. The van der Waals surface area contributed by atoms with E-state index in [9.17, 15) is 0 Å². The topological polar surface area (TPSA) is 29.9 Å². The zero-order valence-corrected chi connectivity index (χ0v) is 12.2. The first-order valence-corrected chi connectivity index (χ1v) is 7.40. The second-order valence-electron chi connectivity index (χ2n) is 6.11. The first-order valence-electron chi connectivity index (χ1n) is 7.40. The zero-order chi connectivity index (χ0) is 13.1. The summed E-state index contributed by atoms with van der Waals surface area (Å²) in [6.07, 6.45) is 8.04. The molecule has 1 N–H and O–H groups in total. The van der Waals surface area contributed by atoms with E-state index in [0.717, 1.165) is 24.3 Å². The Bertz CT molecular complexity index is 370. The van der Waals surface area contributed by atoms with Crippen LogP contribution in [0.2, 0.25) is 0 Å². The smallest absolute Gasteiger partial charge is 0.203 e. The van der Waals surface area contributed by atoms with Crippen molar-refractivity contribution in [2.24, 2.45) is 17.8 Å². The standard InChI is InChI=1S/C15H27N3/c1-5-13-6-7-14(12(13)4)18-9-8-16-15(18)17-10-11(2)3/h8-9,11-14H,5-7,10H2,1-4H3,(H,16,17). The van der Waals surface area contributed by atoms with Crippen LogP contribution in [-0.2, 0) is 0 Å². The molecule has 0 saturated heterocycles. The second kappa shape index (κ2) is 5.77. The van der Waals surface area contributed by atoms with Gasteiger partial charge in [0.05, 0.1) is 0 Å². The first-order chi connectivity index (χ1) is 8.63. The summed E-state index contributed by atoms with van der Waals surface area (Å²) in [5, 5.41) is 3.47. The normalized spacial score (nSPS) is 27.9. The predicted molar refractivity (Wildman–Crippen MR) is 76.8 cm³/mol. The van der Waals surface area contributed by atoms with Gasteiger partial charge in [0.15, 0.2) is 0 Å². The summed E-state index contributed by atoms with van der Waals surface area (Å²) in [7, 11) is 0. The van der Waals surface area contributed by atoms with E-state index in [1.807, 2.05) is 6.20 Å². The number of rotatable bonds is 5. The average Bonchev–Trinajstić information content (AvgIpc) is 2.92. The molecule has 3 nitrogen and oxygen atoms in total. The van der Waals surface area contributed by atoms with Gasteiger partial charge in [-0.25, -0.2) is 4.98 Å². The molecule has 1 heterocycles. The summed E-state index contributed by atoms with van der Waals surface area (Å²) >= 11 is 0. The van der Waals surface area contributed by atoms with Crippen molar-refractivity contribution in [2.45, 2.75) is 53.0 Å². The molecule has 102 valence electrons. The summed E-state index contributed by atoms with van der Waals surface area (Å²) in [5.41, 5.74) is 0. The molecule has 1 aliphatic carbocycles. The van der Waals surface area contributed by atoms with Crippen LogP contribution in [-0.4, -0.2) is 16.1 Å². The highest BCUT2D eigenvalue weighted by atomic mass is 15.2. The molecule has 1 aromatic rings. The van der Waals surface area contributed by atoms with Crippen molar-refractivity contribution in [3.63, 3.8) is 0 Å². The minimum atomic E-state index is 0.632. The molecule has 0 bridgehead atoms. The highest BCUT2D eigenvalue weighted by molar-refractivity contribution is 5.27. The van der Waals surface area contributed by atoms with Crippen molar-refractivity contribution in [1.82, 2.24) is 9.55 Å². The number of aromatic nitrogens is 2. The van der Waals surface area contributed by atoms with Crippen molar-refractivity contribution in [3.8, 4) is 0 Å².